The summed E-state index contributed by atoms with van der Waals surface area (Å²) >= 11 is 1.87. The molecule has 0 bridgehead atoms. The molecular weight excluding hydrogens is 182 g/mol. The number of thioether (sulfide) groups is 1. The topological polar surface area (TPSA) is 37.8 Å². The van der Waals surface area contributed by atoms with E-state index in [0.29, 0.717) is 5.92 Å². The number of aromatic nitrogens is 2. The Labute approximate surface area is 83.3 Å². The first-order chi connectivity index (χ1) is 6.33. The highest BCUT2D eigenvalue weighted by Crippen LogP contribution is 2.06. The van der Waals surface area contributed by atoms with Crippen molar-refractivity contribution in [3.8, 4) is 0 Å². The van der Waals surface area contributed by atoms with Crippen LogP contribution in [-0.2, 0) is 0 Å². The lowest BCUT2D eigenvalue weighted by atomic mass is 10.2. The monoisotopic (exact) mass is 197 g/mol. The van der Waals surface area contributed by atoms with Crippen LogP contribution in [0.25, 0.3) is 0 Å². The predicted octanol–water partition coefficient (Wildman–Crippen LogP) is 1.89. The Kier molecular flexibility index (Phi) is 4.60. The van der Waals surface area contributed by atoms with Crippen molar-refractivity contribution in [2.45, 2.75) is 6.92 Å². The summed E-state index contributed by atoms with van der Waals surface area (Å²) in [5.41, 5.74) is 0. The van der Waals surface area contributed by atoms with E-state index in [9.17, 15) is 0 Å². The Morgan fingerprint density at radius 3 is 3.08 bits per heavy atom. The molecule has 0 radical (unpaired) electrons. The van der Waals surface area contributed by atoms with Crippen molar-refractivity contribution in [3.63, 3.8) is 0 Å². The van der Waals surface area contributed by atoms with Gasteiger partial charge in [0.25, 0.3) is 0 Å². The summed E-state index contributed by atoms with van der Waals surface area (Å²) in [4.78, 5) is 0. The third-order valence-electron chi connectivity index (χ3n) is 1.66. The van der Waals surface area contributed by atoms with E-state index in [1.54, 1.807) is 6.20 Å². The molecule has 0 saturated carbocycles. The van der Waals surface area contributed by atoms with Crippen molar-refractivity contribution in [2.24, 2.45) is 5.92 Å². The zero-order valence-corrected chi connectivity index (χ0v) is 8.84. The van der Waals surface area contributed by atoms with Gasteiger partial charge in [-0.05, 0) is 30.1 Å². The summed E-state index contributed by atoms with van der Waals surface area (Å²) in [6.45, 7) is 3.18. The van der Waals surface area contributed by atoms with Crippen LogP contribution in [0.3, 0.4) is 0 Å². The van der Waals surface area contributed by atoms with Crippen molar-refractivity contribution in [1.82, 2.24) is 10.2 Å². The highest BCUT2D eigenvalue weighted by molar-refractivity contribution is 7.98. The Morgan fingerprint density at radius 2 is 2.46 bits per heavy atom. The molecule has 1 rings (SSSR count). The maximum atomic E-state index is 3.94. The number of nitrogens with zero attached hydrogens (tertiary/aromatic N) is 2. The van der Waals surface area contributed by atoms with Crippen LogP contribution in [-0.4, -0.2) is 28.8 Å². The average Bonchev–Trinajstić information content (AvgIpc) is 2.17. The van der Waals surface area contributed by atoms with Crippen molar-refractivity contribution < 1.29 is 0 Å². The van der Waals surface area contributed by atoms with E-state index >= 15 is 0 Å². The van der Waals surface area contributed by atoms with Crippen molar-refractivity contribution >= 4 is 17.6 Å². The van der Waals surface area contributed by atoms with Crippen LogP contribution in [0.4, 0.5) is 5.82 Å². The fourth-order valence-corrected chi connectivity index (χ4v) is 1.70. The molecule has 1 aromatic heterocycles. The first-order valence-corrected chi connectivity index (χ1v) is 5.73. The van der Waals surface area contributed by atoms with Gasteiger partial charge >= 0.3 is 0 Å². The van der Waals surface area contributed by atoms with Gasteiger partial charge in [-0.15, -0.1) is 5.10 Å². The Morgan fingerprint density at radius 1 is 1.62 bits per heavy atom. The first-order valence-electron chi connectivity index (χ1n) is 4.33. The van der Waals surface area contributed by atoms with E-state index in [0.717, 1.165) is 12.4 Å². The van der Waals surface area contributed by atoms with Crippen molar-refractivity contribution in [2.75, 3.05) is 23.9 Å². The van der Waals surface area contributed by atoms with E-state index in [4.69, 9.17) is 0 Å². The minimum absolute atomic E-state index is 0.664. The largest absolute Gasteiger partial charge is 0.368 e. The summed E-state index contributed by atoms with van der Waals surface area (Å²) in [7, 11) is 0. The SMILES string of the molecule is CSCC(C)CNc1cccnn1. The maximum Gasteiger partial charge on any atom is 0.148 e. The molecule has 1 aromatic rings. The quantitative estimate of drug-likeness (QED) is 0.782. The number of hydrogen-bond acceptors (Lipinski definition) is 4. The second-order valence-electron chi connectivity index (χ2n) is 3.05. The molecule has 0 fully saturated rings. The van der Waals surface area contributed by atoms with Gasteiger partial charge in [0.05, 0.1) is 0 Å². The summed E-state index contributed by atoms with van der Waals surface area (Å²) in [6, 6.07) is 3.81. The first kappa shape index (κ1) is 10.3. The summed E-state index contributed by atoms with van der Waals surface area (Å²) in [5, 5.41) is 11.0. The number of anilines is 1. The van der Waals surface area contributed by atoms with Gasteiger partial charge in [-0.1, -0.05) is 6.92 Å². The smallest absolute Gasteiger partial charge is 0.148 e. The summed E-state index contributed by atoms with van der Waals surface area (Å²) in [5.74, 6) is 2.69. The van der Waals surface area contributed by atoms with Crippen LogP contribution in [0.5, 0.6) is 0 Å². The van der Waals surface area contributed by atoms with Gasteiger partial charge in [0.2, 0.25) is 0 Å². The van der Waals surface area contributed by atoms with E-state index in [1.807, 2.05) is 23.9 Å². The molecule has 0 saturated heterocycles. The van der Waals surface area contributed by atoms with E-state index < -0.39 is 0 Å². The summed E-state index contributed by atoms with van der Waals surface area (Å²) in [6.07, 6.45) is 3.80. The van der Waals surface area contributed by atoms with E-state index in [2.05, 4.69) is 28.7 Å². The van der Waals surface area contributed by atoms with Gasteiger partial charge in [-0.2, -0.15) is 16.9 Å². The molecule has 0 aliphatic heterocycles. The van der Waals surface area contributed by atoms with Crippen molar-refractivity contribution in [1.29, 1.82) is 0 Å². The fraction of sp³-hybridized carbons (Fsp3) is 0.556. The molecule has 1 atom stereocenters. The van der Waals surface area contributed by atoms with Crippen LogP contribution < -0.4 is 5.32 Å². The molecular formula is C9H15N3S. The second kappa shape index (κ2) is 5.80. The zero-order valence-electron chi connectivity index (χ0n) is 8.03. The average molecular weight is 197 g/mol. The predicted molar refractivity (Wildman–Crippen MR) is 58.1 cm³/mol. The Hall–Kier alpha value is -0.770. The molecule has 13 heavy (non-hydrogen) atoms. The molecule has 0 aliphatic carbocycles. The second-order valence-corrected chi connectivity index (χ2v) is 3.96. The minimum atomic E-state index is 0.664. The van der Waals surface area contributed by atoms with E-state index in [-0.39, 0.29) is 0 Å². The molecule has 1 heterocycles. The van der Waals surface area contributed by atoms with Crippen LogP contribution in [0.15, 0.2) is 18.3 Å². The maximum absolute atomic E-state index is 3.94. The van der Waals surface area contributed by atoms with E-state index in [1.165, 1.54) is 5.75 Å². The standard InChI is InChI=1S/C9H15N3S/c1-8(7-13-2)6-10-9-4-3-5-11-12-9/h3-5,8H,6-7H2,1-2H3,(H,10,12). The molecule has 1 N–H and O–H groups in total. The van der Waals surface area contributed by atoms with Gasteiger partial charge in [0, 0.05) is 12.7 Å². The highest BCUT2D eigenvalue weighted by Gasteiger charge is 2.00. The molecule has 0 spiro atoms. The minimum Gasteiger partial charge on any atom is -0.368 e. The molecule has 4 heteroatoms. The fourth-order valence-electron chi connectivity index (χ4n) is 1.02. The van der Waals surface area contributed by atoms with Gasteiger partial charge in [0.1, 0.15) is 5.82 Å². The van der Waals surface area contributed by atoms with Gasteiger partial charge in [-0.3, -0.25) is 0 Å². The molecule has 0 aliphatic rings. The van der Waals surface area contributed by atoms with Crippen LogP contribution in [0, 0.1) is 5.92 Å². The number of nitrogens with one attached hydrogen (secondary N) is 1. The molecule has 1 unspecified atom stereocenters. The third-order valence-corrected chi connectivity index (χ3v) is 2.56. The number of rotatable bonds is 5. The lowest BCUT2D eigenvalue weighted by Gasteiger charge is -2.10. The van der Waals surface area contributed by atoms with Crippen LogP contribution in [0.1, 0.15) is 6.92 Å². The highest BCUT2D eigenvalue weighted by atomic mass is 32.2. The third kappa shape index (κ3) is 4.12. The van der Waals surface area contributed by atoms with Gasteiger partial charge < -0.3 is 5.32 Å². The lowest BCUT2D eigenvalue weighted by Crippen LogP contribution is -2.14. The van der Waals surface area contributed by atoms with Crippen molar-refractivity contribution in [3.05, 3.63) is 18.3 Å². The Balaban J connectivity index is 2.27. The molecule has 72 valence electrons. The Bertz CT molecular complexity index is 228. The zero-order chi connectivity index (χ0) is 9.52. The molecule has 3 nitrogen and oxygen atoms in total. The lowest BCUT2D eigenvalue weighted by molar-refractivity contribution is 0.698. The van der Waals surface area contributed by atoms with Crippen LogP contribution in [0.2, 0.25) is 0 Å². The van der Waals surface area contributed by atoms with Gasteiger partial charge in [0.15, 0.2) is 0 Å². The van der Waals surface area contributed by atoms with Gasteiger partial charge in [-0.25, -0.2) is 0 Å². The normalized spacial score (nSPS) is 12.5. The van der Waals surface area contributed by atoms with Crippen LogP contribution >= 0.6 is 11.8 Å². The molecule has 0 amide bonds. The number of hydrogen-bond donors (Lipinski definition) is 1. The molecule has 0 aromatic carbocycles. The summed E-state index contributed by atoms with van der Waals surface area (Å²) < 4.78 is 0.